The highest BCUT2D eigenvalue weighted by atomic mass is 16.2. The average Bonchev–Trinajstić information content (AvgIpc) is 2.27. The summed E-state index contributed by atoms with van der Waals surface area (Å²) in [5.41, 5.74) is 6.62. The van der Waals surface area contributed by atoms with Crippen LogP contribution in [0, 0.1) is 0 Å². The number of benzene rings is 1. The van der Waals surface area contributed by atoms with Crippen LogP contribution in [0.2, 0.25) is 0 Å². The quantitative estimate of drug-likeness (QED) is 0.759. The summed E-state index contributed by atoms with van der Waals surface area (Å²) >= 11 is 0. The summed E-state index contributed by atoms with van der Waals surface area (Å²) in [6, 6.07) is 9.79. The van der Waals surface area contributed by atoms with Crippen LogP contribution in [0.3, 0.4) is 0 Å². The van der Waals surface area contributed by atoms with Crippen LogP contribution in [-0.2, 0) is 6.42 Å². The largest absolute Gasteiger partial charge is 0.334 e. The van der Waals surface area contributed by atoms with Crippen molar-refractivity contribution in [1.82, 2.24) is 10.6 Å². The molecule has 1 aromatic carbocycles. The summed E-state index contributed by atoms with van der Waals surface area (Å²) in [6.07, 6.45) is 0.745. The number of nitrogens with one attached hydrogen (secondary N) is 2. The molecule has 0 saturated carbocycles. The smallest absolute Gasteiger partial charge is 0.315 e. The standard InChI is InChI=1S/C14H23N3O/c1-14(2,3)17-13(18)16-12(10-15)9-11-7-5-4-6-8-11/h4-8,12H,9-10,15H2,1-3H3,(H2,16,17,18). The Morgan fingerprint density at radius 3 is 2.39 bits per heavy atom. The van der Waals surface area contributed by atoms with Crippen LogP contribution >= 0.6 is 0 Å². The van der Waals surface area contributed by atoms with Crippen molar-refractivity contribution < 1.29 is 4.79 Å². The Morgan fingerprint density at radius 2 is 1.89 bits per heavy atom. The van der Waals surface area contributed by atoms with Gasteiger partial charge in [-0.2, -0.15) is 0 Å². The fourth-order valence-electron chi connectivity index (χ4n) is 1.65. The number of hydrogen-bond acceptors (Lipinski definition) is 2. The van der Waals surface area contributed by atoms with Gasteiger partial charge in [-0.05, 0) is 32.8 Å². The minimum Gasteiger partial charge on any atom is -0.334 e. The molecular weight excluding hydrogens is 226 g/mol. The van der Waals surface area contributed by atoms with Crippen molar-refractivity contribution in [3.8, 4) is 0 Å². The van der Waals surface area contributed by atoms with Crippen LogP contribution in [-0.4, -0.2) is 24.2 Å². The van der Waals surface area contributed by atoms with Crippen LogP contribution in [0.25, 0.3) is 0 Å². The predicted molar refractivity (Wildman–Crippen MR) is 74.4 cm³/mol. The van der Waals surface area contributed by atoms with Crippen molar-refractivity contribution >= 4 is 6.03 Å². The molecule has 0 bridgehead atoms. The molecule has 1 aromatic rings. The van der Waals surface area contributed by atoms with Gasteiger partial charge in [0.1, 0.15) is 0 Å². The van der Waals surface area contributed by atoms with Gasteiger partial charge in [0.05, 0.1) is 0 Å². The maximum atomic E-state index is 11.7. The zero-order chi connectivity index (χ0) is 13.6. The highest BCUT2D eigenvalue weighted by Crippen LogP contribution is 2.03. The third kappa shape index (κ3) is 5.68. The van der Waals surface area contributed by atoms with Crippen LogP contribution < -0.4 is 16.4 Å². The van der Waals surface area contributed by atoms with Gasteiger partial charge in [-0.25, -0.2) is 4.79 Å². The first kappa shape index (κ1) is 14.5. The highest BCUT2D eigenvalue weighted by molar-refractivity contribution is 5.75. The maximum Gasteiger partial charge on any atom is 0.315 e. The molecule has 0 aromatic heterocycles. The van der Waals surface area contributed by atoms with E-state index in [0.717, 1.165) is 6.42 Å². The van der Waals surface area contributed by atoms with Gasteiger partial charge in [0, 0.05) is 18.1 Å². The number of carbonyl (C=O) groups is 1. The molecule has 1 atom stereocenters. The lowest BCUT2D eigenvalue weighted by Crippen LogP contribution is -2.51. The van der Waals surface area contributed by atoms with Gasteiger partial charge in [0.25, 0.3) is 0 Å². The van der Waals surface area contributed by atoms with Gasteiger partial charge < -0.3 is 16.4 Å². The predicted octanol–water partition coefficient (Wildman–Crippen LogP) is 1.65. The van der Waals surface area contributed by atoms with Gasteiger partial charge in [0.15, 0.2) is 0 Å². The molecule has 1 rings (SSSR count). The Balaban J connectivity index is 2.50. The third-order valence-electron chi connectivity index (χ3n) is 2.43. The van der Waals surface area contributed by atoms with E-state index in [1.54, 1.807) is 0 Å². The molecule has 18 heavy (non-hydrogen) atoms. The summed E-state index contributed by atoms with van der Waals surface area (Å²) in [5, 5.41) is 5.76. The van der Waals surface area contributed by atoms with E-state index in [9.17, 15) is 4.79 Å². The van der Waals surface area contributed by atoms with E-state index < -0.39 is 0 Å². The number of hydrogen-bond donors (Lipinski definition) is 3. The summed E-state index contributed by atoms with van der Waals surface area (Å²) < 4.78 is 0. The summed E-state index contributed by atoms with van der Waals surface area (Å²) in [4.78, 5) is 11.7. The molecule has 1 unspecified atom stereocenters. The van der Waals surface area contributed by atoms with Crippen molar-refractivity contribution in [2.45, 2.75) is 38.8 Å². The van der Waals surface area contributed by atoms with E-state index in [1.807, 2.05) is 51.1 Å². The molecule has 0 aliphatic heterocycles. The first-order valence-electron chi connectivity index (χ1n) is 6.23. The molecule has 100 valence electrons. The van der Waals surface area contributed by atoms with Gasteiger partial charge in [-0.1, -0.05) is 30.3 Å². The van der Waals surface area contributed by atoms with E-state index in [4.69, 9.17) is 5.73 Å². The van der Waals surface area contributed by atoms with Crippen LogP contribution in [0.15, 0.2) is 30.3 Å². The van der Waals surface area contributed by atoms with Crippen LogP contribution in [0.5, 0.6) is 0 Å². The average molecular weight is 249 g/mol. The molecule has 4 heteroatoms. The second-order valence-corrected chi connectivity index (χ2v) is 5.47. The normalized spacial score (nSPS) is 12.9. The van der Waals surface area contributed by atoms with E-state index in [0.29, 0.717) is 6.54 Å². The molecule has 0 heterocycles. The van der Waals surface area contributed by atoms with Crippen molar-refractivity contribution in [2.75, 3.05) is 6.54 Å². The number of amides is 2. The molecule has 4 N–H and O–H groups in total. The van der Waals surface area contributed by atoms with Gasteiger partial charge in [-0.15, -0.1) is 0 Å². The number of rotatable bonds is 4. The Labute approximate surface area is 109 Å². The molecule has 0 fully saturated rings. The van der Waals surface area contributed by atoms with E-state index >= 15 is 0 Å². The topological polar surface area (TPSA) is 67.2 Å². The maximum absolute atomic E-state index is 11.7. The molecule has 0 spiro atoms. The Morgan fingerprint density at radius 1 is 1.28 bits per heavy atom. The minimum atomic E-state index is -0.240. The lowest BCUT2D eigenvalue weighted by Gasteiger charge is -2.24. The molecule has 4 nitrogen and oxygen atoms in total. The SMILES string of the molecule is CC(C)(C)NC(=O)NC(CN)Cc1ccccc1. The van der Waals surface area contributed by atoms with Crippen molar-refractivity contribution in [2.24, 2.45) is 5.73 Å². The monoisotopic (exact) mass is 249 g/mol. The Kier molecular flexibility index (Phi) is 5.16. The highest BCUT2D eigenvalue weighted by Gasteiger charge is 2.16. The summed E-state index contributed by atoms with van der Waals surface area (Å²) in [6.45, 7) is 6.26. The fraction of sp³-hybridized carbons (Fsp3) is 0.500. The third-order valence-corrected chi connectivity index (χ3v) is 2.43. The van der Waals surface area contributed by atoms with Gasteiger partial charge in [0.2, 0.25) is 0 Å². The second-order valence-electron chi connectivity index (χ2n) is 5.47. The van der Waals surface area contributed by atoms with Crippen LogP contribution in [0.4, 0.5) is 4.79 Å². The number of nitrogens with two attached hydrogens (primary N) is 1. The zero-order valence-corrected chi connectivity index (χ0v) is 11.4. The molecule has 0 saturated heterocycles. The van der Waals surface area contributed by atoms with Gasteiger partial charge >= 0.3 is 6.03 Å². The van der Waals surface area contributed by atoms with Crippen molar-refractivity contribution in [3.63, 3.8) is 0 Å². The molecule has 2 amide bonds. The molecule has 0 aliphatic rings. The molecule has 0 aliphatic carbocycles. The Hall–Kier alpha value is -1.55. The first-order valence-corrected chi connectivity index (χ1v) is 6.23. The lowest BCUT2D eigenvalue weighted by atomic mass is 10.1. The van der Waals surface area contributed by atoms with Crippen molar-refractivity contribution in [3.05, 3.63) is 35.9 Å². The molecular formula is C14H23N3O. The zero-order valence-electron chi connectivity index (χ0n) is 11.4. The lowest BCUT2D eigenvalue weighted by molar-refractivity contribution is 0.228. The van der Waals surface area contributed by atoms with Crippen LogP contribution in [0.1, 0.15) is 26.3 Å². The van der Waals surface area contributed by atoms with Crippen molar-refractivity contribution in [1.29, 1.82) is 0 Å². The summed E-state index contributed by atoms with van der Waals surface area (Å²) in [5.74, 6) is 0. The number of urea groups is 1. The van der Waals surface area contributed by atoms with E-state index in [1.165, 1.54) is 5.56 Å². The minimum absolute atomic E-state index is 0.0465. The summed E-state index contributed by atoms with van der Waals surface area (Å²) in [7, 11) is 0. The number of carbonyl (C=O) groups excluding carboxylic acids is 1. The second kappa shape index (κ2) is 6.40. The van der Waals surface area contributed by atoms with E-state index in [2.05, 4.69) is 10.6 Å². The Bertz CT molecular complexity index is 370. The molecule has 0 radical (unpaired) electrons. The fourth-order valence-corrected chi connectivity index (χ4v) is 1.65. The first-order chi connectivity index (χ1) is 8.40. The van der Waals surface area contributed by atoms with E-state index in [-0.39, 0.29) is 17.6 Å². The van der Waals surface area contributed by atoms with Gasteiger partial charge in [-0.3, -0.25) is 0 Å².